The molecule has 6 nitrogen and oxygen atoms in total. The highest BCUT2D eigenvalue weighted by molar-refractivity contribution is 6.30. The molecule has 2 atom stereocenters. The van der Waals surface area contributed by atoms with Crippen LogP contribution >= 0.6 is 11.6 Å². The topological polar surface area (TPSA) is 77.9 Å². The Labute approximate surface area is 144 Å². The lowest BCUT2D eigenvalue weighted by molar-refractivity contribution is -0.148. The van der Waals surface area contributed by atoms with Gasteiger partial charge in [0.15, 0.2) is 0 Å². The van der Waals surface area contributed by atoms with Crippen LogP contribution in [0.15, 0.2) is 36.4 Å². The number of amides is 2. The van der Waals surface area contributed by atoms with Crippen molar-refractivity contribution < 1.29 is 19.5 Å². The van der Waals surface area contributed by atoms with Crippen LogP contribution in [0.4, 0.5) is 0 Å². The van der Waals surface area contributed by atoms with Crippen molar-refractivity contribution in [3.8, 4) is 0 Å². The molecule has 0 spiro atoms. The molecule has 1 aromatic rings. The lowest BCUT2D eigenvalue weighted by atomic mass is 9.81. The summed E-state index contributed by atoms with van der Waals surface area (Å²) in [7, 11) is 0. The normalized spacial score (nSPS) is 22.9. The number of aliphatic carboxylic acids is 1. The van der Waals surface area contributed by atoms with Crippen molar-refractivity contribution in [3.05, 3.63) is 47.0 Å². The third kappa shape index (κ3) is 3.14. The first-order valence-electron chi connectivity index (χ1n) is 7.72. The van der Waals surface area contributed by atoms with Crippen molar-refractivity contribution in [2.24, 2.45) is 11.8 Å². The van der Waals surface area contributed by atoms with Crippen molar-refractivity contribution in [3.63, 3.8) is 0 Å². The molecule has 126 valence electrons. The average Bonchev–Trinajstić information content (AvgIpc) is 2.52. The average molecular weight is 349 g/mol. The Hall–Kier alpha value is -2.34. The van der Waals surface area contributed by atoms with Gasteiger partial charge < -0.3 is 14.9 Å². The van der Waals surface area contributed by atoms with Crippen LogP contribution in [0, 0.1) is 11.8 Å². The molecule has 24 heavy (non-hydrogen) atoms. The van der Waals surface area contributed by atoms with Crippen LogP contribution in [0.5, 0.6) is 0 Å². The van der Waals surface area contributed by atoms with Crippen molar-refractivity contribution in [1.82, 2.24) is 9.80 Å². The molecule has 1 N–H and O–H groups in total. The number of hydrogen-bond donors (Lipinski definition) is 1. The second-order valence-electron chi connectivity index (χ2n) is 5.90. The number of hydrogen-bond acceptors (Lipinski definition) is 3. The molecule has 1 heterocycles. The largest absolute Gasteiger partial charge is 0.481 e. The first-order valence-corrected chi connectivity index (χ1v) is 8.10. The monoisotopic (exact) mass is 348 g/mol. The van der Waals surface area contributed by atoms with Gasteiger partial charge in [-0.25, -0.2) is 0 Å². The molecule has 0 saturated carbocycles. The molecule has 7 heteroatoms. The van der Waals surface area contributed by atoms with Gasteiger partial charge in [-0.1, -0.05) is 29.8 Å². The number of nitrogens with zero attached hydrogens (tertiary/aromatic N) is 2. The van der Waals surface area contributed by atoms with Gasteiger partial charge in [0.25, 0.3) is 5.91 Å². The minimum absolute atomic E-state index is 0.114. The van der Waals surface area contributed by atoms with Gasteiger partial charge in [-0.05, 0) is 18.2 Å². The molecule has 1 aliphatic carbocycles. The summed E-state index contributed by atoms with van der Waals surface area (Å²) in [6.07, 6.45) is 3.16. The number of halogens is 1. The maximum Gasteiger partial charge on any atom is 0.311 e. The Morgan fingerprint density at radius 2 is 1.62 bits per heavy atom. The van der Waals surface area contributed by atoms with Gasteiger partial charge in [-0.2, -0.15) is 0 Å². The maximum atomic E-state index is 12.4. The molecule has 0 unspecified atom stereocenters. The number of carboxylic acids is 1. The zero-order valence-electron chi connectivity index (χ0n) is 12.9. The van der Waals surface area contributed by atoms with Crippen LogP contribution < -0.4 is 0 Å². The minimum atomic E-state index is -0.981. The van der Waals surface area contributed by atoms with Gasteiger partial charge in [0.05, 0.1) is 11.8 Å². The van der Waals surface area contributed by atoms with E-state index in [1.807, 2.05) is 0 Å². The van der Waals surface area contributed by atoms with Crippen molar-refractivity contribution in [2.45, 2.75) is 0 Å². The predicted octanol–water partition coefficient (Wildman–Crippen LogP) is 1.51. The highest BCUT2D eigenvalue weighted by atomic mass is 35.5. The Balaban J connectivity index is 1.58. The van der Waals surface area contributed by atoms with Gasteiger partial charge in [0.2, 0.25) is 5.91 Å². The fourth-order valence-corrected chi connectivity index (χ4v) is 3.14. The first-order chi connectivity index (χ1) is 11.5. The van der Waals surface area contributed by atoms with Crippen molar-refractivity contribution >= 4 is 29.4 Å². The summed E-state index contributed by atoms with van der Waals surface area (Å²) >= 11 is 5.91. The Kier molecular flexibility index (Phi) is 4.57. The molecule has 1 saturated heterocycles. The van der Waals surface area contributed by atoms with E-state index in [1.54, 1.807) is 40.1 Å². The Morgan fingerprint density at radius 1 is 1.00 bits per heavy atom. The molecule has 1 fully saturated rings. The summed E-state index contributed by atoms with van der Waals surface area (Å²) in [6.45, 7) is 1.65. The van der Waals surface area contributed by atoms with Gasteiger partial charge in [-0.3, -0.25) is 14.4 Å². The minimum Gasteiger partial charge on any atom is -0.481 e. The molecule has 0 bridgehead atoms. The van der Waals surface area contributed by atoms with Gasteiger partial charge in [0, 0.05) is 36.8 Å². The molecule has 3 rings (SSSR count). The van der Waals surface area contributed by atoms with Crippen LogP contribution in [-0.4, -0.2) is 58.9 Å². The highest BCUT2D eigenvalue weighted by Crippen LogP contribution is 2.28. The zero-order valence-corrected chi connectivity index (χ0v) is 13.6. The van der Waals surface area contributed by atoms with E-state index in [2.05, 4.69) is 0 Å². The summed E-state index contributed by atoms with van der Waals surface area (Å²) in [5.41, 5.74) is 0.523. The Bertz CT molecular complexity index is 710. The third-order valence-electron chi connectivity index (χ3n) is 4.43. The molecule has 2 amide bonds. The van der Waals surface area contributed by atoms with E-state index < -0.39 is 17.8 Å². The van der Waals surface area contributed by atoms with Crippen LogP contribution in [0.2, 0.25) is 5.02 Å². The summed E-state index contributed by atoms with van der Waals surface area (Å²) in [5, 5.41) is 9.53. The van der Waals surface area contributed by atoms with Crippen LogP contribution in [0.25, 0.3) is 0 Å². The molecular weight excluding hydrogens is 332 g/mol. The van der Waals surface area contributed by atoms with Crippen molar-refractivity contribution in [1.29, 1.82) is 0 Å². The second kappa shape index (κ2) is 6.65. The van der Waals surface area contributed by atoms with E-state index in [4.69, 9.17) is 16.7 Å². The molecule has 0 radical (unpaired) electrons. The molecule has 1 aliphatic heterocycles. The lowest BCUT2D eigenvalue weighted by Crippen LogP contribution is -2.53. The summed E-state index contributed by atoms with van der Waals surface area (Å²) in [4.78, 5) is 39.2. The number of carbonyl (C=O) groups excluding carboxylic acids is 2. The first kappa shape index (κ1) is 16.5. The van der Waals surface area contributed by atoms with Gasteiger partial charge >= 0.3 is 5.97 Å². The third-order valence-corrected chi connectivity index (χ3v) is 4.67. The van der Waals surface area contributed by atoms with E-state index in [-0.39, 0.29) is 11.8 Å². The van der Waals surface area contributed by atoms with Crippen LogP contribution in [0.1, 0.15) is 10.4 Å². The molecule has 0 aromatic heterocycles. The van der Waals surface area contributed by atoms with Crippen LogP contribution in [-0.2, 0) is 9.59 Å². The molecule has 1 aromatic carbocycles. The van der Waals surface area contributed by atoms with Crippen molar-refractivity contribution in [2.75, 3.05) is 26.2 Å². The smallest absolute Gasteiger partial charge is 0.311 e. The SMILES string of the molecule is O=C(O)[C@@H]1C=C[C@@H]1C(=O)N1CCN(C(=O)c2cccc(Cl)c2)CC1. The number of carboxylic acid groups (broad SMARTS) is 1. The quantitative estimate of drug-likeness (QED) is 0.840. The maximum absolute atomic E-state index is 12.4. The molecule has 2 aliphatic rings. The van der Waals surface area contributed by atoms with Crippen LogP contribution in [0.3, 0.4) is 0 Å². The predicted molar refractivity (Wildman–Crippen MR) is 87.7 cm³/mol. The van der Waals surface area contributed by atoms with E-state index >= 15 is 0 Å². The summed E-state index contributed by atoms with van der Waals surface area (Å²) < 4.78 is 0. The fourth-order valence-electron chi connectivity index (χ4n) is 2.95. The second-order valence-corrected chi connectivity index (χ2v) is 6.34. The number of benzene rings is 1. The number of rotatable bonds is 3. The van der Waals surface area contributed by atoms with Gasteiger partial charge in [-0.15, -0.1) is 0 Å². The summed E-state index contributed by atoms with van der Waals surface area (Å²) in [5.74, 6) is -2.59. The molecular formula is C17H17ClN2O4. The van der Waals surface area contributed by atoms with E-state index in [0.717, 1.165) is 0 Å². The van der Waals surface area contributed by atoms with E-state index in [9.17, 15) is 14.4 Å². The zero-order chi connectivity index (χ0) is 17.3. The number of piperazine rings is 1. The standard InChI is InChI=1S/C17H17ClN2O4/c18-12-3-1-2-11(10-12)15(21)19-6-8-20(9-7-19)16(22)13-4-5-14(13)17(23)24/h1-5,10,13-14H,6-9H2,(H,23,24)/t13-,14+/m0/s1. The van der Waals surface area contributed by atoms with E-state index in [0.29, 0.717) is 36.8 Å². The fraction of sp³-hybridized carbons (Fsp3) is 0.353. The summed E-state index contributed by atoms with van der Waals surface area (Å²) in [6, 6.07) is 6.77. The lowest BCUT2D eigenvalue weighted by Gasteiger charge is -2.38. The highest BCUT2D eigenvalue weighted by Gasteiger charge is 2.39. The van der Waals surface area contributed by atoms with E-state index in [1.165, 1.54) is 6.08 Å². The number of carbonyl (C=O) groups is 3. The van der Waals surface area contributed by atoms with Gasteiger partial charge in [0.1, 0.15) is 0 Å². The Morgan fingerprint density at radius 3 is 2.17 bits per heavy atom.